The molecule has 4 N–H and O–H groups in total. The highest BCUT2D eigenvalue weighted by Gasteiger charge is 2.41. The van der Waals surface area contributed by atoms with E-state index in [4.69, 9.17) is 5.73 Å². The largest absolute Gasteiger partial charge is 0.345 e. The smallest absolute Gasteiger partial charge is 0.251 e. The minimum Gasteiger partial charge on any atom is -0.345 e. The molecule has 1 aliphatic rings. The molecule has 0 aliphatic heterocycles. The molecule has 5 nitrogen and oxygen atoms in total. The van der Waals surface area contributed by atoms with E-state index in [1.54, 1.807) is 0 Å². The van der Waals surface area contributed by atoms with Gasteiger partial charge in [-0.05, 0) is 49.8 Å². The lowest BCUT2D eigenvalue weighted by Gasteiger charge is -2.29. The summed E-state index contributed by atoms with van der Waals surface area (Å²) in [7, 11) is 0. The van der Waals surface area contributed by atoms with Crippen molar-refractivity contribution in [1.29, 1.82) is 0 Å². The van der Waals surface area contributed by atoms with Crippen LogP contribution in [-0.2, 0) is 4.79 Å². The summed E-state index contributed by atoms with van der Waals surface area (Å²) < 4.78 is 14.2. The number of hydrogen-bond acceptors (Lipinski definition) is 3. The van der Waals surface area contributed by atoms with Crippen molar-refractivity contribution < 1.29 is 14.0 Å². The number of carbonyl (C=O) groups is 2. The summed E-state index contributed by atoms with van der Waals surface area (Å²) in [4.78, 5) is 24.1. The van der Waals surface area contributed by atoms with Gasteiger partial charge in [0.15, 0.2) is 0 Å². The molecule has 140 valence electrons. The molecule has 0 aromatic heterocycles. The molecule has 0 saturated heterocycles. The normalized spacial score (nSPS) is 15.9. The summed E-state index contributed by atoms with van der Waals surface area (Å²) in [5.74, 6) is -0.652. The maximum atomic E-state index is 14.2. The van der Waals surface area contributed by atoms with Gasteiger partial charge in [0.05, 0.1) is 11.2 Å². The van der Waals surface area contributed by atoms with Crippen LogP contribution in [-0.4, -0.2) is 23.9 Å². The maximum Gasteiger partial charge on any atom is 0.251 e. The molecule has 1 aromatic carbocycles. The zero-order chi connectivity index (χ0) is 17.9. The van der Waals surface area contributed by atoms with E-state index in [1.807, 2.05) is 20.8 Å². The van der Waals surface area contributed by atoms with Crippen molar-refractivity contribution in [3.05, 3.63) is 29.6 Å². The van der Waals surface area contributed by atoms with E-state index in [2.05, 4.69) is 10.6 Å². The molecule has 1 unspecified atom stereocenters. The van der Waals surface area contributed by atoms with Gasteiger partial charge in [0.25, 0.3) is 5.91 Å². The Hall–Kier alpha value is -1.66. The van der Waals surface area contributed by atoms with Gasteiger partial charge in [-0.2, -0.15) is 0 Å². The van der Waals surface area contributed by atoms with Crippen LogP contribution in [0.2, 0.25) is 0 Å². The zero-order valence-electron chi connectivity index (χ0n) is 14.9. The van der Waals surface area contributed by atoms with Gasteiger partial charge in [0.2, 0.25) is 5.91 Å². The van der Waals surface area contributed by atoms with Crippen molar-refractivity contribution in [2.45, 2.75) is 45.6 Å². The topological polar surface area (TPSA) is 84.2 Å². The Morgan fingerprint density at radius 3 is 2.48 bits per heavy atom. The Morgan fingerprint density at radius 1 is 1.36 bits per heavy atom. The van der Waals surface area contributed by atoms with Gasteiger partial charge in [-0.3, -0.25) is 9.59 Å². The first-order chi connectivity index (χ1) is 11.2. The molecule has 7 heteroatoms. The van der Waals surface area contributed by atoms with Crippen molar-refractivity contribution in [2.75, 3.05) is 11.9 Å². The van der Waals surface area contributed by atoms with Crippen LogP contribution in [0.5, 0.6) is 0 Å². The van der Waals surface area contributed by atoms with Gasteiger partial charge in [-0.25, -0.2) is 4.39 Å². The maximum absolute atomic E-state index is 14.2. The third-order valence-corrected chi connectivity index (χ3v) is 4.40. The van der Waals surface area contributed by atoms with E-state index in [0.29, 0.717) is 18.9 Å². The second-order valence-corrected chi connectivity index (χ2v) is 7.19. The number of anilines is 1. The summed E-state index contributed by atoms with van der Waals surface area (Å²) in [5, 5.41) is 5.45. The molecule has 1 atom stereocenters. The number of nitrogens with one attached hydrogen (secondary N) is 2. The fourth-order valence-electron chi connectivity index (χ4n) is 2.70. The van der Waals surface area contributed by atoms with Crippen LogP contribution in [0.15, 0.2) is 18.2 Å². The highest BCUT2D eigenvalue weighted by molar-refractivity contribution is 5.96. The average molecular weight is 372 g/mol. The number of hydrogen-bond donors (Lipinski definition) is 3. The first-order valence-electron chi connectivity index (χ1n) is 8.37. The predicted octanol–water partition coefficient (Wildman–Crippen LogP) is 3.09. The van der Waals surface area contributed by atoms with E-state index in [1.165, 1.54) is 12.1 Å². The van der Waals surface area contributed by atoms with Crippen LogP contribution in [0, 0.1) is 17.7 Å². The van der Waals surface area contributed by atoms with Crippen LogP contribution < -0.4 is 16.4 Å². The van der Waals surface area contributed by atoms with Crippen molar-refractivity contribution in [3.63, 3.8) is 0 Å². The Labute approximate surface area is 154 Å². The molecule has 1 fully saturated rings. The van der Waals surface area contributed by atoms with Gasteiger partial charge < -0.3 is 16.4 Å². The lowest BCUT2D eigenvalue weighted by Crippen LogP contribution is -2.53. The molecular weight excluding hydrogens is 345 g/mol. The van der Waals surface area contributed by atoms with E-state index < -0.39 is 11.4 Å². The van der Waals surface area contributed by atoms with Gasteiger partial charge in [0, 0.05) is 18.5 Å². The predicted molar refractivity (Wildman–Crippen MR) is 99.4 cm³/mol. The number of benzene rings is 1. The Bertz CT molecular complexity index is 635. The summed E-state index contributed by atoms with van der Waals surface area (Å²) in [6.45, 7) is 6.09. The number of rotatable bonds is 7. The van der Waals surface area contributed by atoms with Crippen LogP contribution in [0.1, 0.15) is 50.4 Å². The Kier molecular flexibility index (Phi) is 7.38. The minimum absolute atomic E-state index is 0. The fourth-order valence-corrected chi connectivity index (χ4v) is 2.70. The molecule has 0 radical (unpaired) electrons. The van der Waals surface area contributed by atoms with Gasteiger partial charge in [-0.15, -0.1) is 12.4 Å². The van der Waals surface area contributed by atoms with Crippen molar-refractivity contribution in [3.8, 4) is 0 Å². The van der Waals surface area contributed by atoms with Crippen molar-refractivity contribution >= 4 is 29.9 Å². The average Bonchev–Trinajstić information content (AvgIpc) is 3.33. The highest BCUT2D eigenvalue weighted by Crippen LogP contribution is 2.39. The van der Waals surface area contributed by atoms with Gasteiger partial charge in [-0.1, -0.05) is 13.8 Å². The summed E-state index contributed by atoms with van der Waals surface area (Å²) in [6, 6.07) is 4.07. The molecule has 2 amide bonds. The van der Waals surface area contributed by atoms with Crippen molar-refractivity contribution in [1.82, 2.24) is 5.32 Å². The van der Waals surface area contributed by atoms with E-state index >= 15 is 0 Å². The number of amides is 2. The lowest BCUT2D eigenvalue weighted by molar-refractivity contribution is -0.116. The van der Waals surface area contributed by atoms with E-state index in [9.17, 15) is 14.0 Å². The Morgan fingerprint density at radius 2 is 2.00 bits per heavy atom. The first-order valence-corrected chi connectivity index (χ1v) is 8.37. The summed E-state index contributed by atoms with van der Waals surface area (Å²) >= 11 is 0. The molecule has 0 bridgehead atoms. The lowest BCUT2D eigenvalue weighted by atomic mass is 9.95. The van der Waals surface area contributed by atoms with Crippen molar-refractivity contribution in [2.24, 2.45) is 17.6 Å². The number of nitrogens with two attached hydrogens (primary N) is 1. The van der Waals surface area contributed by atoms with Gasteiger partial charge in [0.1, 0.15) is 5.82 Å². The zero-order valence-corrected chi connectivity index (χ0v) is 15.7. The summed E-state index contributed by atoms with van der Waals surface area (Å²) in [5.41, 5.74) is 5.63. The molecule has 0 heterocycles. The molecule has 1 aliphatic carbocycles. The molecule has 2 rings (SSSR count). The second-order valence-electron chi connectivity index (χ2n) is 7.19. The number of carbonyl (C=O) groups excluding carboxylic acids is 2. The molecular formula is C18H27ClFN3O2. The fraction of sp³-hybridized carbons (Fsp3) is 0.556. The monoisotopic (exact) mass is 371 g/mol. The summed E-state index contributed by atoms with van der Waals surface area (Å²) in [6.07, 6.45) is 2.41. The van der Waals surface area contributed by atoms with Crippen LogP contribution in [0.4, 0.5) is 10.1 Å². The minimum atomic E-state index is -0.624. The van der Waals surface area contributed by atoms with Gasteiger partial charge >= 0.3 is 0 Å². The van der Waals surface area contributed by atoms with E-state index in [-0.39, 0.29) is 41.4 Å². The highest BCUT2D eigenvalue weighted by atomic mass is 35.5. The van der Waals surface area contributed by atoms with Crippen LogP contribution >= 0.6 is 12.4 Å². The molecule has 1 aromatic rings. The van der Waals surface area contributed by atoms with Crippen LogP contribution in [0.3, 0.4) is 0 Å². The van der Waals surface area contributed by atoms with Crippen LogP contribution in [0.25, 0.3) is 0 Å². The molecule has 1 saturated carbocycles. The SMILES string of the molecule is CC(C)CC(=O)Nc1ccc(C(=O)NC(C)(CN)C2CC2)cc1F.Cl. The quantitative estimate of drug-likeness (QED) is 0.688. The Balaban J connectivity index is 0.00000312. The standard InChI is InChI=1S/C18H26FN3O2.ClH/c1-11(2)8-16(23)21-15-7-4-12(9-14(15)19)17(24)22-18(3,10-20)13-5-6-13;/h4,7,9,11,13H,5-6,8,10,20H2,1-3H3,(H,21,23)(H,22,24);1H. The molecule has 25 heavy (non-hydrogen) atoms. The van der Waals surface area contributed by atoms with E-state index in [0.717, 1.165) is 18.9 Å². The second kappa shape index (κ2) is 8.63. The third kappa shape index (κ3) is 5.68. The first kappa shape index (κ1) is 21.4. The number of halogens is 2. The molecule has 0 spiro atoms. The third-order valence-electron chi connectivity index (χ3n) is 4.40.